The van der Waals surface area contributed by atoms with E-state index < -0.39 is 5.97 Å². The molecule has 2 rings (SSSR count). The molecule has 0 amide bonds. The molecule has 0 radical (unpaired) electrons. The minimum absolute atomic E-state index is 0.316. The van der Waals surface area contributed by atoms with Gasteiger partial charge in [-0.05, 0) is 30.7 Å². The molecule has 5 heteroatoms. The number of aromatic nitrogens is 1. The van der Waals surface area contributed by atoms with Gasteiger partial charge in [0.25, 0.3) is 0 Å². The van der Waals surface area contributed by atoms with Crippen molar-refractivity contribution in [1.82, 2.24) is 4.98 Å². The fourth-order valence-corrected chi connectivity index (χ4v) is 1.84. The zero-order valence-electron chi connectivity index (χ0n) is 11.8. The number of ether oxygens (including phenoxy) is 2. The molecule has 0 saturated heterocycles. The van der Waals surface area contributed by atoms with Crippen LogP contribution in [-0.2, 0) is 9.47 Å². The number of pyridine rings is 1. The van der Waals surface area contributed by atoms with Crippen molar-refractivity contribution in [2.75, 3.05) is 13.7 Å². The quantitative estimate of drug-likeness (QED) is 0.808. The van der Waals surface area contributed by atoms with Crippen molar-refractivity contribution in [2.24, 2.45) is 0 Å². The normalized spacial score (nSPS) is 10.0. The zero-order chi connectivity index (χ0) is 15.2. The summed E-state index contributed by atoms with van der Waals surface area (Å²) in [5, 5.41) is 0. The molecule has 1 heterocycles. The number of hydrogen-bond acceptors (Lipinski definition) is 5. The lowest BCUT2D eigenvalue weighted by Gasteiger charge is -2.05. The van der Waals surface area contributed by atoms with E-state index in [2.05, 4.69) is 9.72 Å². The maximum Gasteiger partial charge on any atom is 0.339 e. The molecule has 5 nitrogen and oxygen atoms in total. The molecule has 2 aromatic rings. The van der Waals surface area contributed by atoms with Crippen molar-refractivity contribution >= 4 is 11.9 Å². The van der Waals surface area contributed by atoms with E-state index in [1.54, 1.807) is 43.5 Å². The van der Waals surface area contributed by atoms with Crippen LogP contribution in [0.2, 0.25) is 0 Å². The Morgan fingerprint density at radius 2 is 1.71 bits per heavy atom. The van der Waals surface area contributed by atoms with Gasteiger partial charge in [0.05, 0.1) is 24.8 Å². The topological polar surface area (TPSA) is 65.5 Å². The summed E-state index contributed by atoms with van der Waals surface area (Å²) in [7, 11) is 1.34. The number of carbonyl (C=O) groups is 2. The monoisotopic (exact) mass is 285 g/mol. The molecule has 0 spiro atoms. The average Bonchev–Trinajstić information content (AvgIpc) is 2.54. The van der Waals surface area contributed by atoms with E-state index in [1.165, 1.54) is 13.3 Å². The molecule has 0 aliphatic carbocycles. The second-order valence-electron chi connectivity index (χ2n) is 4.25. The first kappa shape index (κ1) is 14.7. The summed E-state index contributed by atoms with van der Waals surface area (Å²) in [4.78, 5) is 27.1. The van der Waals surface area contributed by atoms with Gasteiger partial charge in [0, 0.05) is 18.0 Å². The van der Waals surface area contributed by atoms with E-state index in [4.69, 9.17) is 4.74 Å². The SMILES string of the molecule is CCOC(=O)c1cncc(-c2ccc(C(=O)OC)cc2)c1. The van der Waals surface area contributed by atoms with Gasteiger partial charge >= 0.3 is 11.9 Å². The van der Waals surface area contributed by atoms with Crippen molar-refractivity contribution in [3.8, 4) is 11.1 Å². The van der Waals surface area contributed by atoms with E-state index in [0.29, 0.717) is 17.7 Å². The molecule has 0 N–H and O–H groups in total. The highest BCUT2D eigenvalue weighted by Gasteiger charge is 2.09. The smallest absolute Gasteiger partial charge is 0.339 e. The van der Waals surface area contributed by atoms with Gasteiger partial charge in [0.1, 0.15) is 0 Å². The first-order chi connectivity index (χ1) is 10.2. The van der Waals surface area contributed by atoms with Crippen molar-refractivity contribution in [2.45, 2.75) is 6.92 Å². The van der Waals surface area contributed by atoms with Crippen LogP contribution in [0.3, 0.4) is 0 Å². The Morgan fingerprint density at radius 3 is 2.33 bits per heavy atom. The fourth-order valence-electron chi connectivity index (χ4n) is 1.84. The molecular weight excluding hydrogens is 270 g/mol. The van der Waals surface area contributed by atoms with Crippen LogP contribution in [0.25, 0.3) is 11.1 Å². The molecular formula is C16H15NO4. The Bertz CT molecular complexity index is 650. The number of rotatable bonds is 4. The Hall–Kier alpha value is -2.69. The highest BCUT2D eigenvalue weighted by atomic mass is 16.5. The molecule has 1 aromatic carbocycles. The molecule has 0 aliphatic rings. The van der Waals surface area contributed by atoms with Gasteiger partial charge in [0.15, 0.2) is 0 Å². The zero-order valence-corrected chi connectivity index (χ0v) is 11.8. The van der Waals surface area contributed by atoms with Crippen LogP contribution in [0.15, 0.2) is 42.7 Å². The molecule has 21 heavy (non-hydrogen) atoms. The van der Waals surface area contributed by atoms with Crippen LogP contribution in [0.4, 0.5) is 0 Å². The average molecular weight is 285 g/mol. The third-order valence-corrected chi connectivity index (χ3v) is 2.89. The number of methoxy groups -OCH3 is 1. The first-order valence-electron chi connectivity index (χ1n) is 6.46. The van der Waals surface area contributed by atoms with Crippen molar-refractivity contribution in [3.05, 3.63) is 53.9 Å². The second-order valence-corrected chi connectivity index (χ2v) is 4.25. The van der Waals surface area contributed by atoms with Gasteiger partial charge in [-0.3, -0.25) is 4.98 Å². The summed E-state index contributed by atoms with van der Waals surface area (Å²) >= 11 is 0. The third kappa shape index (κ3) is 3.45. The molecule has 0 bridgehead atoms. The molecule has 0 saturated carbocycles. The minimum Gasteiger partial charge on any atom is -0.465 e. The van der Waals surface area contributed by atoms with Crippen LogP contribution in [0, 0.1) is 0 Å². The van der Waals surface area contributed by atoms with Crippen molar-refractivity contribution < 1.29 is 19.1 Å². The number of benzene rings is 1. The van der Waals surface area contributed by atoms with Crippen LogP contribution in [0.1, 0.15) is 27.6 Å². The Balaban J connectivity index is 2.28. The lowest BCUT2D eigenvalue weighted by Crippen LogP contribution is -2.05. The van der Waals surface area contributed by atoms with Crippen LogP contribution in [0.5, 0.6) is 0 Å². The Labute approximate surface area is 122 Å². The second kappa shape index (κ2) is 6.65. The van der Waals surface area contributed by atoms with Crippen LogP contribution >= 0.6 is 0 Å². The number of carbonyl (C=O) groups excluding carboxylic acids is 2. The highest BCUT2D eigenvalue weighted by molar-refractivity contribution is 5.91. The predicted octanol–water partition coefficient (Wildman–Crippen LogP) is 2.71. The van der Waals surface area contributed by atoms with Crippen molar-refractivity contribution in [3.63, 3.8) is 0 Å². The third-order valence-electron chi connectivity index (χ3n) is 2.89. The fraction of sp³-hybridized carbons (Fsp3) is 0.188. The first-order valence-corrected chi connectivity index (χ1v) is 6.46. The lowest BCUT2D eigenvalue weighted by atomic mass is 10.0. The van der Waals surface area contributed by atoms with E-state index in [1.807, 2.05) is 0 Å². The Kier molecular flexibility index (Phi) is 4.66. The van der Waals surface area contributed by atoms with Gasteiger partial charge in [-0.15, -0.1) is 0 Å². The number of nitrogens with zero attached hydrogens (tertiary/aromatic N) is 1. The van der Waals surface area contributed by atoms with Gasteiger partial charge in [-0.25, -0.2) is 9.59 Å². The van der Waals surface area contributed by atoms with E-state index in [9.17, 15) is 9.59 Å². The maximum absolute atomic E-state index is 11.7. The molecule has 1 aromatic heterocycles. The summed E-state index contributed by atoms with van der Waals surface area (Å²) < 4.78 is 9.59. The summed E-state index contributed by atoms with van der Waals surface area (Å²) in [5.41, 5.74) is 2.49. The molecule has 0 fully saturated rings. The van der Waals surface area contributed by atoms with E-state index in [0.717, 1.165) is 11.1 Å². The molecule has 0 unspecified atom stereocenters. The summed E-state index contributed by atoms with van der Waals surface area (Å²) in [6.07, 6.45) is 3.11. The summed E-state index contributed by atoms with van der Waals surface area (Å²) in [6, 6.07) is 8.59. The van der Waals surface area contributed by atoms with Crippen LogP contribution < -0.4 is 0 Å². The van der Waals surface area contributed by atoms with Crippen LogP contribution in [-0.4, -0.2) is 30.6 Å². The largest absolute Gasteiger partial charge is 0.465 e. The van der Waals surface area contributed by atoms with E-state index in [-0.39, 0.29) is 5.97 Å². The van der Waals surface area contributed by atoms with Gasteiger partial charge in [-0.1, -0.05) is 12.1 Å². The lowest BCUT2D eigenvalue weighted by molar-refractivity contribution is 0.0525. The maximum atomic E-state index is 11.7. The van der Waals surface area contributed by atoms with E-state index >= 15 is 0 Å². The molecule has 0 atom stereocenters. The molecule has 0 aliphatic heterocycles. The number of hydrogen-bond donors (Lipinski definition) is 0. The standard InChI is InChI=1S/C16H15NO4/c1-3-21-16(19)14-8-13(9-17-10-14)11-4-6-12(7-5-11)15(18)20-2/h4-10H,3H2,1-2H3. The van der Waals surface area contributed by atoms with Gasteiger partial charge in [-0.2, -0.15) is 0 Å². The summed E-state index contributed by atoms with van der Waals surface area (Å²) in [5.74, 6) is -0.794. The highest BCUT2D eigenvalue weighted by Crippen LogP contribution is 2.20. The summed E-state index contributed by atoms with van der Waals surface area (Å²) in [6.45, 7) is 2.07. The molecule has 108 valence electrons. The van der Waals surface area contributed by atoms with Crippen molar-refractivity contribution in [1.29, 1.82) is 0 Å². The number of esters is 2. The predicted molar refractivity (Wildman–Crippen MR) is 77.0 cm³/mol. The van der Waals surface area contributed by atoms with Gasteiger partial charge in [0.2, 0.25) is 0 Å². The van der Waals surface area contributed by atoms with Gasteiger partial charge < -0.3 is 9.47 Å². The minimum atomic E-state index is -0.405. The Morgan fingerprint density at radius 1 is 1.00 bits per heavy atom.